The lowest BCUT2D eigenvalue weighted by molar-refractivity contribution is -0.120. The number of carbonyl (C=O) groups is 1. The van der Waals surface area contributed by atoms with Gasteiger partial charge in [-0.3, -0.25) is 9.48 Å². The summed E-state index contributed by atoms with van der Waals surface area (Å²) in [5, 5.41) is 7.43. The largest absolute Gasteiger partial charge is 0.359 e. The van der Waals surface area contributed by atoms with Crippen molar-refractivity contribution in [2.24, 2.45) is 7.05 Å². The van der Waals surface area contributed by atoms with Crippen molar-refractivity contribution in [1.29, 1.82) is 0 Å². The van der Waals surface area contributed by atoms with Gasteiger partial charge in [0.25, 0.3) is 0 Å². The standard InChI is InChI=1S/C18H24N4O/c1-19-17(23)10-13-22-11-8-15-16(9-12-22)20-21(2)18(15)14-6-4-3-5-7-14/h3-7H,8-13H2,1-2H3,(H,19,23). The molecule has 23 heavy (non-hydrogen) atoms. The zero-order chi connectivity index (χ0) is 16.2. The molecule has 0 aliphatic carbocycles. The molecule has 3 rings (SSSR count). The third-order valence-corrected chi connectivity index (χ3v) is 4.55. The van der Waals surface area contributed by atoms with Crippen LogP contribution >= 0.6 is 0 Å². The molecule has 1 aliphatic rings. The molecule has 2 heterocycles. The molecule has 1 aromatic heterocycles. The predicted molar refractivity (Wildman–Crippen MR) is 91.2 cm³/mol. The Hall–Kier alpha value is -2.14. The number of benzene rings is 1. The lowest BCUT2D eigenvalue weighted by atomic mass is 10.0. The molecule has 0 radical (unpaired) electrons. The third-order valence-electron chi connectivity index (χ3n) is 4.55. The molecule has 0 atom stereocenters. The number of fused-ring (bicyclic) bond motifs is 1. The number of nitrogens with zero attached hydrogens (tertiary/aromatic N) is 3. The monoisotopic (exact) mass is 312 g/mol. The molecule has 0 fully saturated rings. The van der Waals surface area contributed by atoms with Crippen LogP contribution in [0.2, 0.25) is 0 Å². The van der Waals surface area contributed by atoms with Crippen LogP contribution < -0.4 is 5.32 Å². The predicted octanol–water partition coefficient (Wildman–Crippen LogP) is 1.62. The number of amides is 1. The van der Waals surface area contributed by atoms with E-state index in [2.05, 4.69) is 34.5 Å². The Bertz CT molecular complexity index is 678. The van der Waals surface area contributed by atoms with Gasteiger partial charge in [0.15, 0.2) is 0 Å². The van der Waals surface area contributed by atoms with E-state index in [-0.39, 0.29) is 5.91 Å². The lowest BCUT2D eigenvalue weighted by Gasteiger charge is -2.19. The van der Waals surface area contributed by atoms with Crippen LogP contribution in [0.4, 0.5) is 0 Å². The number of carbonyl (C=O) groups excluding carboxylic acids is 1. The number of aromatic nitrogens is 2. The van der Waals surface area contributed by atoms with Crippen molar-refractivity contribution in [2.75, 3.05) is 26.7 Å². The van der Waals surface area contributed by atoms with Crippen LogP contribution in [-0.2, 0) is 24.7 Å². The molecule has 0 unspecified atom stereocenters. The minimum Gasteiger partial charge on any atom is -0.359 e. The maximum Gasteiger partial charge on any atom is 0.221 e. The van der Waals surface area contributed by atoms with E-state index in [0.29, 0.717) is 6.42 Å². The Morgan fingerprint density at radius 1 is 1.22 bits per heavy atom. The lowest BCUT2D eigenvalue weighted by Crippen LogP contribution is -2.31. The summed E-state index contributed by atoms with van der Waals surface area (Å²) in [6.07, 6.45) is 2.50. The molecule has 2 aromatic rings. The summed E-state index contributed by atoms with van der Waals surface area (Å²) in [7, 11) is 3.72. The molecule has 1 amide bonds. The van der Waals surface area contributed by atoms with Gasteiger partial charge in [0.2, 0.25) is 5.91 Å². The summed E-state index contributed by atoms with van der Waals surface area (Å²) < 4.78 is 2.01. The summed E-state index contributed by atoms with van der Waals surface area (Å²) in [4.78, 5) is 13.8. The van der Waals surface area contributed by atoms with Gasteiger partial charge < -0.3 is 10.2 Å². The molecule has 0 saturated carbocycles. The minimum atomic E-state index is 0.107. The first-order valence-electron chi connectivity index (χ1n) is 8.22. The summed E-state index contributed by atoms with van der Waals surface area (Å²) >= 11 is 0. The molecule has 1 aromatic carbocycles. The average molecular weight is 312 g/mol. The third kappa shape index (κ3) is 3.45. The Kier molecular flexibility index (Phi) is 4.76. The van der Waals surface area contributed by atoms with Gasteiger partial charge in [0, 0.05) is 57.7 Å². The van der Waals surface area contributed by atoms with Gasteiger partial charge in [-0.2, -0.15) is 5.10 Å². The van der Waals surface area contributed by atoms with E-state index in [1.807, 2.05) is 17.8 Å². The highest BCUT2D eigenvalue weighted by molar-refractivity contribution is 5.75. The van der Waals surface area contributed by atoms with Crippen molar-refractivity contribution in [1.82, 2.24) is 20.0 Å². The SMILES string of the molecule is CNC(=O)CCN1CCc2nn(C)c(-c3ccccc3)c2CC1. The molecule has 1 aliphatic heterocycles. The van der Waals surface area contributed by atoms with E-state index in [1.54, 1.807) is 7.05 Å². The molecular weight excluding hydrogens is 288 g/mol. The number of nitrogens with one attached hydrogen (secondary N) is 1. The van der Waals surface area contributed by atoms with Gasteiger partial charge >= 0.3 is 0 Å². The fraction of sp³-hybridized carbons (Fsp3) is 0.444. The second kappa shape index (κ2) is 6.96. The van der Waals surface area contributed by atoms with E-state index in [0.717, 1.165) is 32.5 Å². The van der Waals surface area contributed by atoms with Crippen molar-refractivity contribution in [2.45, 2.75) is 19.3 Å². The highest BCUT2D eigenvalue weighted by atomic mass is 16.1. The van der Waals surface area contributed by atoms with Crippen LogP contribution in [0.3, 0.4) is 0 Å². The van der Waals surface area contributed by atoms with E-state index in [4.69, 9.17) is 5.10 Å². The quantitative estimate of drug-likeness (QED) is 0.933. The highest BCUT2D eigenvalue weighted by Gasteiger charge is 2.22. The Morgan fingerprint density at radius 3 is 2.70 bits per heavy atom. The molecular formula is C18H24N4O. The highest BCUT2D eigenvalue weighted by Crippen LogP contribution is 2.28. The smallest absolute Gasteiger partial charge is 0.221 e. The van der Waals surface area contributed by atoms with Gasteiger partial charge in [-0.25, -0.2) is 0 Å². The molecule has 1 N–H and O–H groups in total. The molecule has 122 valence electrons. The number of hydrogen-bond acceptors (Lipinski definition) is 3. The van der Waals surface area contributed by atoms with Crippen LogP contribution in [0.25, 0.3) is 11.3 Å². The zero-order valence-corrected chi connectivity index (χ0v) is 13.9. The van der Waals surface area contributed by atoms with Crippen LogP contribution in [0, 0.1) is 0 Å². The Labute approximate surface area is 137 Å². The van der Waals surface area contributed by atoms with E-state index < -0.39 is 0 Å². The van der Waals surface area contributed by atoms with Crippen molar-refractivity contribution in [3.8, 4) is 11.3 Å². The van der Waals surface area contributed by atoms with Crippen LogP contribution in [-0.4, -0.2) is 47.3 Å². The summed E-state index contributed by atoms with van der Waals surface area (Å²) in [5.41, 5.74) is 5.02. The first kappa shape index (κ1) is 15.7. The van der Waals surface area contributed by atoms with Crippen molar-refractivity contribution in [3.63, 3.8) is 0 Å². The normalized spacial score (nSPS) is 15.0. The number of aryl methyl sites for hydroxylation is 1. The minimum absolute atomic E-state index is 0.107. The fourth-order valence-corrected chi connectivity index (χ4v) is 3.30. The van der Waals surface area contributed by atoms with E-state index in [9.17, 15) is 4.79 Å². The van der Waals surface area contributed by atoms with Gasteiger partial charge in [-0.05, 0) is 6.42 Å². The van der Waals surface area contributed by atoms with Crippen LogP contribution in [0.5, 0.6) is 0 Å². The second-order valence-electron chi connectivity index (χ2n) is 6.03. The van der Waals surface area contributed by atoms with Gasteiger partial charge in [-0.15, -0.1) is 0 Å². The molecule has 0 saturated heterocycles. The summed E-state index contributed by atoms with van der Waals surface area (Å²) in [6, 6.07) is 10.5. The number of hydrogen-bond donors (Lipinski definition) is 1. The maximum atomic E-state index is 11.4. The summed E-state index contributed by atoms with van der Waals surface area (Å²) in [5.74, 6) is 0.107. The summed E-state index contributed by atoms with van der Waals surface area (Å²) in [6.45, 7) is 2.77. The average Bonchev–Trinajstić information content (AvgIpc) is 2.77. The number of rotatable bonds is 4. The van der Waals surface area contributed by atoms with Gasteiger partial charge in [0.05, 0.1) is 11.4 Å². The molecule has 0 bridgehead atoms. The molecule has 5 heteroatoms. The van der Waals surface area contributed by atoms with Crippen LogP contribution in [0.15, 0.2) is 30.3 Å². The fourth-order valence-electron chi connectivity index (χ4n) is 3.30. The first-order chi connectivity index (χ1) is 11.2. The topological polar surface area (TPSA) is 50.2 Å². The van der Waals surface area contributed by atoms with Crippen LogP contribution in [0.1, 0.15) is 17.7 Å². The Balaban J connectivity index is 1.76. The molecule has 0 spiro atoms. The van der Waals surface area contributed by atoms with Crippen molar-refractivity contribution < 1.29 is 4.79 Å². The van der Waals surface area contributed by atoms with E-state index in [1.165, 1.54) is 22.5 Å². The van der Waals surface area contributed by atoms with Gasteiger partial charge in [0.1, 0.15) is 0 Å². The van der Waals surface area contributed by atoms with Crippen molar-refractivity contribution in [3.05, 3.63) is 41.6 Å². The van der Waals surface area contributed by atoms with Gasteiger partial charge in [-0.1, -0.05) is 30.3 Å². The zero-order valence-electron chi connectivity index (χ0n) is 13.9. The maximum absolute atomic E-state index is 11.4. The Morgan fingerprint density at radius 2 is 1.96 bits per heavy atom. The van der Waals surface area contributed by atoms with Crippen molar-refractivity contribution >= 4 is 5.91 Å². The molecule has 5 nitrogen and oxygen atoms in total. The second-order valence-corrected chi connectivity index (χ2v) is 6.03. The first-order valence-corrected chi connectivity index (χ1v) is 8.22. The van der Waals surface area contributed by atoms with E-state index >= 15 is 0 Å².